The summed E-state index contributed by atoms with van der Waals surface area (Å²) in [6.45, 7) is 4.93. The molecule has 0 atom stereocenters. The van der Waals surface area contributed by atoms with Crippen LogP contribution in [-0.2, 0) is 0 Å². The van der Waals surface area contributed by atoms with E-state index in [9.17, 15) is 4.79 Å². The summed E-state index contributed by atoms with van der Waals surface area (Å²) in [5, 5.41) is 3.98. The first-order valence-corrected chi connectivity index (χ1v) is 8.05. The van der Waals surface area contributed by atoms with Gasteiger partial charge in [0.1, 0.15) is 5.75 Å². The summed E-state index contributed by atoms with van der Waals surface area (Å²) >= 11 is 0. The summed E-state index contributed by atoms with van der Waals surface area (Å²) < 4.78 is 16.1. The number of rotatable bonds is 8. The van der Waals surface area contributed by atoms with Crippen molar-refractivity contribution in [2.24, 2.45) is 5.10 Å². The maximum atomic E-state index is 12.1. The van der Waals surface area contributed by atoms with Crippen LogP contribution in [0.3, 0.4) is 0 Å². The molecule has 2 aromatic carbocycles. The highest BCUT2D eigenvalue weighted by Crippen LogP contribution is 2.27. The second kappa shape index (κ2) is 9.32. The van der Waals surface area contributed by atoms with Gasteiger partial charge in [0.05, 0.1) is 26.5 Å². The highest BCUT2D eigenvalue weighted by atomic mass is 16.5. The molecule has 0 aromatic heterocycles. The van der Waals surface area contributed by atoms with Gasteiger partial charge in [0.15, 0.2) is 11.5 Å². The maximum Gasteiger partial charge on any atom is 0.271 e. The predicted octanol–water partition coefficient (Wildman–Crippen LogP) is 3.26. The lowest BCUT2D eigenvalue weighted by molar-refractivity contribution is 0.0955. The number of nitrogens with zero attached hydrogens (tertiary/aromatic N) is 1. The molecule has 2 aromatic rings. The van der Waals surface area contributed by atoms with Crippen LogP contribution in [0.15, 0.2) is 47.6 Å². The van der Waals surface area contributed by atoms with Crippen molar-refractivity contribution in [2.75, 3.05) is 20.3 Å². The fourth-order valence-electron chi connectivity index (χ4n) is 2.14. The molecule has 132 valence electrons. The van der Waals surface area contributed by atoms with E-state index in [1.807, 2.05) is 19.9 Å². The van der Waals surface area contributed by atoms with Crippen LogP contribution in [0.4, 0.5) is 0 Å². The van der Waals surface area contributed by atoms with Crippen molar-refractivity contribution in [2.45, 2.75) is 13.8 Å². The van der Waals surface area contributed by atoms with Crippen molar-refractivity contribution in [3.63, 3.8) is 0 Å². The first-order chi connectivity index (χ1) is 12.2. The Morgan fingerprint density at radius 1 is 1.04 bits per heavy atom. The SMILES string of the molecule is CCOc1ccc(C(=O)N/N=C\c2ccc(OC)c(OCC)c2)cc1. The van der Waals surface area contributed by atoms with E-state index in [1.54, 1.807) is 49.7 Å². The van der Waals surface area contributed by atoms with Crippen LogP contribution in [0.25, 0.3) is 0 Å². The molecule has 0 saturated heterocycles. The van der Waals surface area contributed by atoms with E-state index in [0.717, 1.165) is 11.3 Å². The summed E-state index contributed by atoms with van der Waals surface area (Å²) in [7, 11) is 1.59. The van der Waals surface area contributed by atoms with Gasteiger partial charge >= 0.3 is 0 Å². The minimum atomic E-state index is -0.294. The molecule has 1 N–H and O–H groups in total. The fourth-order valence-corrected chi connectivity index (χ4v) is 2.14. The van der Waals surface area contributed by atoms with E-state index >= 15 is 0 Å². The molecule has 0 aliphatic rings. The number of hydrazone groups is 1. The average Bonchev–Trinajstić information content (AvgIpc) is 2.63. The molecule has 0 aliphatic heterocycles. The first kappa shape index (κ1) is 18.3. The second-order valence-corrected chi connectivity index (χ2v) is 5.00. The number of carbonyl (C=O) groups excluding carboxylic acids is 1. The van der Waals surface area contributed by atoms with E-state index in [-0.39, 0.29) is 5.91 Å². The van der Waals surface area contributed by atoms with Crippen molar-refractivity contribution in [1.82, 2.24) is 5.43 Å². The number of hydrogen-bond donors (Lipinski definition) is 1. The highest BCUT2D eigenvalue weighted by Gasteiger charge is 2.06. The number of nitrogens with one attached hydrogen (secondary N) is 1. The van der Waals surface area contributed by atoms with E-state index in [1.165, 1.54) is 0 Å². The molecule has 1 amide bonds. The highest BCUT2D eigenvalue weighted by molar-refractivity contribution is 5.95. The summed E-state index contributed by atoms with van der Waals surface area (Å²) in [6, 6.07) is 12.3. The fraction of sp³-hybridized carbons (Fsp3) is 0.263. The minimum absolute atomic E-state index is 0.294. The molecule has 0 unspecified atom stereocenters. The molecule has 6 heteroatoms. The van der Waals surface area contributed by atoms with E-state index in [0.29, 0.717) is 30.3 Å². The van der Waals surface area contributed by atoms with Gasteiger partial charge in [-0.25, -0.2) is 5.43 Å². The standard InChI is InChI=1S/C19H22N2O4/c1-4-24-16-9-7-15(8-10-16)19(22)21-20-13-14-6-11-17(23-3)18(12-14)25-5-2/h6-13H,4-5H2,1-3H3,(H,21,22)/b20-13-. The zero-order chi connectivity index (χ0) is 18.1. The summed E-state index contributed by atoms with van der Waals surface area (Å²) in [4.78, 5) is 12.1. The van der Waals surface area contributed by atoms with Crippen molar-refractivity contribution in [1.29, 1.82) is 0 Å². The van der Waals surface area contributed by atoms with Crippen LogP contribution >= 0.6 is 0 Å². The van der Waals surface area contributed by atoms with Crippen molar-refractivity contribution >= 4 is 12.1 Å². The van der Waals surface area contributed by atoms with Gasteiger partial charge in [-0.2, -0.15) is 5.10 Å². The normalized spacial score (nSPS) is 10.5. The molecule has 0 fully saturated rings. The average molecular weight is 342 g/mol. The molecule has 0 heterocycles. The topological polar surface area (TPSA) is 69.2 Å². The Labute approximate surface area is 147 Å². The van der Waals surface area contributed by atoms with E-state index in [4.69, 9.17) is 14.2 Å². The molecule has 2 rings (SSSR count). The Hall–Kier alpha value is -3.02. The van der Waals surface area contributed by atoms with Gasteiger partial charge in [0, 0.05) is 5.56 Å². The minimum Gasteiger partial charge on any atom is -0.494 e. The van der Waals surface area contributed by atoms with Gasteiger partial charge in [0.2, 0.25) is 0 Å². The molecule has 0 aliphatic carbocycles. The molecule has 25 heavy (non-hydrogen) atoms. The van der Waals surface area contributed by atoms with E-state index in [2.05, 4.69) is 10.5 Å². The number of amides is 1. The number of benzene rings is 2. The van der Waals surface area contributed by atoms with Crippen LogP contribution in [0, 0.1) is 0 Å². The molecular weight excluding hydrogens is 320 g/mol. The van der Waals surface area contributed by atoms with Crippen LogP contribution in [0.2, 0.25) is 0 Å². The van der Waals surface area contributed by atoms with Crippen molar-refractivity contribution in [3.05, 3.63) is 53.6 Å². The predicted molar refractivity (Wildman–Crippen MR) is 96.8 cm³/mol. The molecule has 6 nitrogen and oxygen atoms in total. The number of carbonyl (C=O) groups is 1. The Kier molecular flexibility index (Phi) is 6.83. The first-order valence-electron chi connectivity index (χ1n) is 8.05. The molecule has 0 radical (unpaired) electrons. The van der Waals surface area contributed by atoms with Crippen LogP contribution in [0.1, 0.15) is 29.8 Å². The number of ether oxygens (including phenoxy) is 3. The second-order valence-electron chi connectivity index (χ2n) is 5.00. The lowest BCUT2D eigenvalue weighted by Gasteiger charge is -2.09. The molecule has 0 saturated carbocycles. The number of hydrogen-bond acceptors (Lipinski definition) is 5. The van der Waals surface area contributed by atoms with Gasteiger partial charge in [-0.3, -0.25) is 4.79 Å². The van der Waals surface area contributed by atoms with Crippen LogP contribution in [0.5, 0.6) is 17.2 Å². The Balaban J connectivity index is 2.00. The van der Waals surface area contributed by atoms with Gasteiger partial charge in [0.25, 0.3) is 5.91 Å². The smallest absolute Gasteiger partial charge is 0.271 e. The maximum absolute atomic E-state index is 12.1. The third-order valence-electron chi connectivity index (χ3n) is 3.29. The zero-order valence-electron chi connectivity index (χ0n) is 14.6. The van der Waals surface area contributed by atoms with Gasteiger partial charge in [-0.1, -0.05) is 0 Å². The summed E-state index contributed by atoms with van der Waals surface area (Å²) in [6.07, 6.45) is 1.55. The summed E-state index contributed by atoms with van der Waals surface area (Å²) in [5.41, 5.74) is 3.79. The Bertz CT molecular complexity index is 727. The third-order valence-corrected chi connectivity index (χ3v) is 3.29. The Morgan fingerprint density at radius 3 is 2.40 bits per heavy atom. The lowest BCUT2D eigenvalue weighted by atomic mass is 10.2. The third kappa shape index (κ3) is 5.24. The van der Waals surface area contributed by atoms with Crippen LogP contribution < -0.4 is 19.6 Å². The van der Waals surface area contributed by atoms with Gasteiger partial charge in [-0.15, -0.1) is 0 Å². The quantitative estimate of drug-likeness (QED) is 0.590. The molecule has 0 spiro atoms. The van der Waals surface area contributed by atoms with Crippen molar-refractivity contribution in [3.8, 4) is 17.2 Å². The van der Waals surface area contributed by atoms with Crippen LogP contribution in [-0.4, -0.2) is 32.4 Å². The zero-order valence-corrected chi connectivity index (χ0v) is 14.6. The monoisotopic (exact) mass is 342 g/mol. The number of methoxy groups -OCH3 is 1. The van der Waals surface area contributed by atoms with Gasteiger partial charge in [-0.05, 0) is 61.9 Å². The Morgan fingerprint density at radius 2 is 1.76 bits per heavy atom. The van der Waals surface area contributed by atoms with E-state index < -0.39 is 0 Å². The molecular formula is C19H22N2O4. The molecule has 0 bridgehead atoms. The lowest BCUT2D eigenvalue weighted by Crippen LogP contribution is -2.17. The van der Waals surface area contributed by atoms with Gasteiger partial charge < -0.3 is 14.2 Å². The van der Waals surface area contributed by atoms with Crippen molar-refractivity contribution < 1.29 is 19.0 Å². The summed E-state index contributed by atoms with van der Waals surface area (Å²) in [5.74, 6) is 1.71. The largest absolute Gasteiger partial charge is 0.494 e.